The first kappa shape index (κ1) is 13.4. The molecular weight excluding hydrogens is 246 g/mol. The minimum absolute atomic E-state index is 0.173. The Morgan fingerprint density at radius 3 is 2.89 bits per heavy atom. The van der Waals surface area contributed by atoms with Gasteiger partial charge in [0.05, 0.1) is 11.7 Å². The zero-order chi connectivity index (χ0) is 13.9. The lowest BCUT2D eigenvalue weighted by Gasteiger charge is -2.22. The van der Waals surface area contributed by atoms with E-state index in [1.807, 2.05) is 6.92 Å². The highest BCUT2D eigenvalue weighted by Crippen LogP contribution is 2.34. The number of hydrogen-bond donors (Lipinski definition) is 1. The Kier molecular flexibility index (Phi) is 3.74. The number of carbonyl (C=O) groups excluding carboxylic acids is 1. The maximum Gasteiger partial charge on any atom is 0.311 e. The normalized spacial score (nSPS) is 23.1. The summed E-state index contributed by atoms with van der Waals surface area (Å²) in [6.07, 6.45) is 5.60. The molecule has 1 amide bonds. The lowest BCUT2D eigenvalue weighted by Crippen LogP contribution is -2.35. The van der Waals surface area contributed by atoms with E-state index in [4.69, 9.17) is 4.42 Å². The molecule has 5 nitrogen and oxygen atoms in total. The molecule has 1 aliphatic heterocycles. The van der Waals surface area contributed by atoms with E-state index < -0.39 is 11.4 Å². The largest absolute Gasteiger partial charge is 0.481 e. The molecule has 1 fully saturated rings. The van der Waals surface area contributed by atoms with Crippen molar-refractivity contribution in [2.75, 3.05) is 13.1 Å². The predicted octanol–water partition coefficient (Wildman–Crippen LogP) is 2.01. The van der Waals surface area contributed by atoms with Crippen LogP contribution in [0.2, 0.25) is 0 Å². The second-order valence-electron chi connectivity index (χ2n) is 4.80. The van der Waals surface area contributed by atoms with Crippen LogP contribution in [0.5, 0.6) is 0 Å². The highest BCUT2D eigenvalue weighted by molar-refractivity contribution is 5.92. The summed E-state index contributed by atoms with van der Waals surface area (Å²) < 4.78 is 5.10. The fourth-order valence-corrected chi connectivity index (χ4v) is 2.32. The van der Waals surface area contributed by atoms with E-state index in [9.17, 15) is 14.7 Å². The van der Waals surface area contributed by atoms with Crippen molar-refractivity contribution in [3.63, 3.8) is 0 Å². The van der Waals surface area contributed by atoms with Crippen molar-refractivity contribution < 1.29 is 19.1 Å². The topological polar surface area (TPSA) is 70.8 Å². The van der Waals surface area contributed by atoms with Crippen LogP contribution in [0.4, 0.5) is 0 Å². The number of nitrogens with zero attached hydrogens (tertiary/aromatic N) is 1. The SMILES string of the molecule is CCC1(C(=O)O)CCN(C(=O)C=Cc2ccco2)C1. The van der Waals surface area contributed by atoms with Crippen molar-refractivity contribution in [1.82, 2.24) is 4.90 Å². The molecule has 1 N–H and O–H groups in total. The van der Waals surface area contributed by atoms with Crippen LogP contribution in [0.1, 0.15) is 25.5 Å². The van der Waals surface area contributed by atoms with Gasteiger partial charge in [0, 0.05) is 19.2 Å². The van der Waals surface area contributed by atoms with E-state index in [2.05, 4.69) is 0 Å². The third kappa shape index (κ3) is 2.70. The summed E-state index contributed by atoms with van der Waals surface area (Å²) in [5.74, 6) is -0.388. The number of furan rings is 1. The summed E-state index contributed by atoms with van der Waals surface area (Å²) in [5, 5.41) is 9.27. The average Bonchev–Trinajstić information content (AvgIpc) is 3.05. The third-order valence-electron chi connectivity index (χ3n) is 3.73. The van der Waals surface area contributed by atoms with E-state index in [1.54, 1.807) is 23.1 Å². The van der Waals surface area contributed by atoms with Crippen molar-refractivity contribution in [3.05, 3.63) is 30.2 Å². The van der Waals surface area contributed by atoms with Gasteiger partial charge in [-0.05, 0) is 31.1 Å². The Balaban J connectivity index is 2.01. The number of carboxylic acid groups (broad SMARTS) is 1. The number of rotatable bonds is 4. The van der Waals surface area contributed by atoms with Crippen LogP contribution < -0.4 is 0 Å². The van der Waals surface area contributed by atoms with Gasteiger partial charge in [0.2, 0.25) is 5.91 Å². The monoisotopic (exact) mass is 263 g/mol. The van der Waals surface area contributed by atoms with Gasteiger partial charge < -0.3 is 14.4 Å². The smallest absolute Gasteiger partial charge is 0.311 e. The lowest BCUT2D eigenvalue weighted by atomic mass is 9.84. The molecule has 19 heavy (non-hydrogen) atoms. The molecule has 0 spiro atoms. The number of carbonyl (C=O) groups is 2. The third-order valence-corrected chi connectivity index (χ3v) is 3.73. The van der Waals surface area contributed by atoms with Crippen LogP contribution in [0.25, 0.3) is 6.08 Å². The second-order valence-corrected chi connectivity index (χ2v) is 4.80. The molecule has 102 valence electrons. The second kappa shape index (κ2) is 5.30. The zero-order valence-corrected chi connectivity index (χ0v) is 10.8. The summed E-state index contributed by atoms with van der Waals surface area (Å²) in [4.78, 5) is 24.8. The first-order chi connectivity index (χ1) is 9.07. The first-order valence-corrected chi connectivity index (χ1v) is 6.31. The fourth-order valence-electron chi connectivity index (χ4n) is 2.32. The maximum absolute atomic E-state index is 12.0. The number of aliphatic carboxylic acids is 1. The van der Waals surface area contributed by atoms with Crippen LogP contribution in [-0.2, 0) is 9.59 Å². The first-order valence-electron chi connectivity index (χ1n) is 6.31. The molecule has 0 bridgehead atoms. The van der Waals surface area contributed by atoms with E-state index in [-0.39, 0.29) is 12.5 Å². The number of carboxylic acids is 1. The molecule has 1 aromatic rings. The molecule has 1 unspecified atom stereocenters. The molecular formula is C14H17NO4. The van der Waals surface area contributed by atoms with E-state index in [1.165, 1.54) is 12.3 Å². The van der Waals surface area contributed by atoms with E-state index in [0.717, 1.165) is 0 Å². The quantitative estimate of drug-likeness (QED) is 0.843. The Morgan fingerprint density at radius 2 is 2.37 bits per heavy atom. The van der Waals surface area contributed by atoms with Gasteiger partial charge in [-0.3, -0.25) is 9.59 Å². The summed E-state index contributed by atoms with van der Waals surface area (Å²) in [5.41, 5.74) is -0.784. The minimum Gasteiger partial charge on any atom is -0.481 e. The molecule has 0 aliphatic carbocycles. The van der Waals surface area contributed by atoms with Crippen molar-refractivity contribution in [3.8, 4) is 0 Å². The number of amides is 1. The zero-order valence-electron chi connectivity index (χ0n) is 10.8. The molecule has 0 aromatic carbocycles. The van der Waals surface area contributed by atoms with Crippen molar-refractivity contribution in [1.29, 1.82) is 0 Å². The van der Waals surface area contributed by atoms with Crippen LogP contribution in [-0.4, -0.2) is 35.0 Å². The Labute approximate surface area is 111 Å². The maximum atomic E-state index is 12.0. The van der Waals surface area contributed by atoms with Crippen LogP contribution in [0, 0.1) is 5.41 Å². The van der Waals surface area contributed by atoms with Gasteiger partial charge >= 0.3 is 5.97 Å². The van der Waals surface area contributed by atoms with Gasteiger partial charge in [-0.2, -0.15) is 0 Å². The van der Waals surface area contributed by atoms with Crippen molar-refractivity contribution >= 4 is 18.0 Å². The fraction of sp³-hybridized carbons (Fsp3) is 0.429. The number of hydrogen-bond acceptors (Lipinski definition) is 3. The molecule has 1 saturated heterocycles. The van der Waals surface area contributed by atoms with Crippen LogP contribution in [0.15, 0.2) is 28.9 Å². The summed E-state index contributed by atoms with van der Waals surface area (Å²) in [6, 6.07) is 3.49. The lowest BCUT2D eigenvalue weighted by molar-refractivity contribution is -0.148. The summed E-state index contributed by atoms with van der Waals surface area (Å²) in [7, 11) is 0. The molecule has 2 rings (SSSR count). The molecule has 1 aliphatic rings. The highest BCUT2D eigenvalue weighted by Gasteiger charge is 2.44. The molecule has 1 aromatic heterocycles. The standard InChI is InChI=1S/C14H17NO4/c1-2-14(13(17)18)7-8-15(10-14)12(16)6-5-11-4-3-9-19-11/h3-6,9H,2,7-8,10H2,1H3,(H,17,18). The van der Waals surface area contributed by atoms with Crippen LogP contribution in [0.3, 0.4) is 0 Å². The Bertz CT molecular complexity index is 492. The predicted molar refractivity (Wildman–Crippen MR) is 69.3 cm³/mol. The highest BCUT2D eigenvalue weighted by atomic mass is 16.4. The Hall–Kier alpha value is -2.04. The molecule has 0 radical (unpaired) electrons. The minimum atomic E-state index is -0.819. The average molecular weight is 263 g/mol. The van der Waals surface area contributed by atoms with Crippen molar-refractivity contribution in [2.24, 2.45) is 5.41 Å². The van der Waals surface area contributed by atoms with Gasteiger partial charge in [0.1, 0.15) is 5.76 Å². The van der Waals surface area contributed by atoms with Gasteiger partial charge in [0.25, 0.3) is 0 Å². The van der Waals surface area contributed by atoms with E-state index in [0.29, 0.717) is 25.1 Å². The molecule has 5 heteroatoms. The molecule has 2 heterocycles. The number of likely N-dealkylation sites (tertiary alicyclic amines) is 1. The van der Waals surface area contributed by atoms with Gasteiger partial charge in [-0.1, -0.05) is 6.92 Å². The van der Waals surface area contributed by atoms with Crippen molar-refractivity contribution in [2.45, 2.75) is 19.8 Å². The van der Waals surface area contributed by atoms with Crippen LogP contribution >= 0.6 is 0 Å². The van der Waals surface area contributed by atoms with E-state index >= 15 is 0 Å². The van der Waals surface area contributed by atoms with Gasteiger partial charge in [-0.25, -0.2) is 0 Å². The van der Waals surface area contributed by atoms with Gasteiger partial charge in [0.15, 0.2) is 0 Å². The molecule has 1 atom stereocenters. The summed E-state index contributed by atoms with van der Waals surface area (Å²) in [6.45, 7) is 2.61. The summed E-state index contributed by atoms with van der Waals surface area (Å²) >= 11 is 0. The molecule has 0 saturated carbocycles. The Morgan fingerprint density at radius 1 is 1.58 bits per heavy atom. The van der Waals surface area contributed by atoms with Gasteiger partial charge in [-0.15, -0.1) is 0 Å².